The third kappa shape index (κ3) is 2.48. The molecule has 0 spiro atoms. The summed E-state index contributed by atoms with van der Waals surface area (Å²) in [7, 11) is 1.69. The Bertz CT molecular complexity index is 583. The Labute approximate surface area is 112 Å². The van der Waals surface area contributed by atoms with Crippen molar-refractivity contribution in [3.05, 3.63) is 46.5 Å². The third-order valence-electron chi connectivity index (χ3n) is 3.01. The lowest BCUT2D eigenvalue weighted by atomic mass is 10.1. The first kappa shape index (κ1) is 12.9. The van der Waals surface area contributed by atoms with E-state index >= 15 is 0 Å². The topological polar surface area (TPSA) is 29.9 Å². The van der Waals surface area contributed by atoms with Crippen molar-refractivity contribution in [2.24, 2.45) is 0 Å². The maximum absolute atomic E-state index is 5.38. The molecule has 0 radical (unpaired) electrons. The Kier molecular flexibility index (Phi) is 3.87. The molecule has 96 valence electrons. The number of imidazole rings is 1. The van der Waals surface area contributed by atoms with Gasteiger partial charge in [-0.15, -0.1) is 0 Å². The molecule has 1 heterocycles. The lowest BCUT2D eigenvalue weighted by Gasteiger charge is -2.13. The summed E-state index contributed by atoms with van der Waals surface area (Å²) in [5, 5.41) is 0. The van der Waals surface area contributed by atoms with Crippen LogP contribution in [-0.4, -0.2) is 16.7 Å². The number of rotatable bonds is 4. The Hall–Kier alpha value is -1.55. The van der Waals surface area contributed by atoms with Crippen molar-refractivity contribution < 1.29 is 4.74 Å². The van der Waals surface area contributed by atoms with Crippen LogP contribution in [0.5, 0.6) is 5.75 Å². The number of hydrogen-bond donors (Lipinski definition) is 1. The largest absolute Gasteiger partial charge is 0.496 e. The molecular formula is C14H18N2OS. The summed E-state index contributed by atoms with van der Waals surface area (Å²) in [6, 6.07) is 8.03. The number of methoxy groups -OCH3 is 1. The molecule has 1 N–H and O–H groups in total. The summed E-state index contributed by atoms with van der Waals surface area (Å²) in [5.41, 5.74) is 2.35. The molecule has 0 aliphatic heterocycles. The normalized spacial score (nSPS) is 10.9. The van der Waals surface area contributed by atoms with E-state index in [4.69, 9.17) is 17.0 Å². The average molecular weight is 262 g/mol. The van der Waals surface area contributed by atoms with Crippen molar-refractivity contribution in [3.63, 3.8) is 0 Å². The van der Waals surface area contributed by atoms with Gasteiger partial charge in [0.15, 0.2) is 4.77 Å². The van der Waals surface area contributed by atoms with Crippen LogP contribution in [0.15, 0.2) is 30.5 Å². The number of benzene rings is 1. The van der Waals surface area contributed by atoms with E-state index in [1.807, 2.05) is 24.4 Å². The predicted octanol–water partition coefficient (Wildman–Crippen LogP) is 3.73. The molecule has 2 aromatic rings. The number of aromatic nitrogens is 2. The monoisotopic (exact) mass is 262 g/mol. The van der Waals surface area contributed by atoms with E-state index < -0.39 is 0 Å². The molecule has 0 unspecified atom stereocenters. The van der Waals surface area contributed by atoms with Crippen molar-refractivity contribution in [1.29, 1.82) is 0 Å². The van der Waals surface area contributed by atoms with Crippen LogP contribution in [0.2, 0.25) is 0 Å². The lowest BCUT2D eigenvalue weighted by molar-refractivity contribution is 0.408. The summed E-state index contributed by atoms with van der Waals surface area (Å²) < 4.78 is 8.25. The number of H-pyrrole nitrogens is 1. The van der Waals surface area contributed by atoms with Crippen molar-refractivity contribution in [3.8, 4) is 5.75 Å². The van der Waals surface area contributed by atoms with E-state index in [0.29, 0.717) is 5.92 Å². The van der Waals surface area contributed by atoms with E-state index in [-0.39, 0.29) is 0 Å². The van der Waals surface area contributed by atoms with Crippen molar-refractivity contribution in [2.75, 3.05) is 7.11 Å². The van der Waals surface area contributed by atoms with Gasteiger partial charge in [0.1, 0.15) is 5.75 Å². The summed E-state index contributed by atoms with van der Waals surface area (Å²) >= 11 is 5.34. The maximum atomic E-state index is 5.38. The molecule has 3 nitrogen and oxygen atoms in total. The minimum atomic E-state index is 0.438. The molecule has 0 aliphatic rings. The van der Waals surface area contributed by atoms with Gasteiger partial charge in [-0.3, -0.25) is 0 Å². The molecule has 4 heteroatoms. The van der Waals surface area contributed by atoms with E-state index in [1.165, 1.54) is 5.69 Å². The standard InChI is InChI=1S/C14H18N2OS/c1-10(2)12-8-15-14(18)16(12)9-11-6-4-5-7-13(11)17-3/h4-8,10H,9H2,1-3H3,(H,15,18). The fraction of sp³-hybridized carbons (Fsp3) is 0.357. The van der Waals surface area contributed by atoms with E-state index in [0.717, 1.165) is 22.6 Å². The summed E-state index contributed by atoms with van der Waals surface area (Å²) in [6.45, 7) is 5.06. The van der Waals surface area contributed by atoms with Crippen molar-refractivity contribution >= 4 is 12.2 Å². The van der Waals surface area contributed by atoms with Crippen LogP contribution >= 0.6 is 12.2 Å². The van der Waals surface area contributed by atoms with E-state index in [9.17, 15) is 0 Å². The number of nitrogens with zero attached hydrogens (tertiary/aromatic N) is 1. The molecule has 0 saturated carbocycles. The summed E-state index contributed by atoms with van der Waals surface area (Å²) in [5.74, 6) is 1.34. The maximum Gasteiger partial charge on any atom is 0.177 e. The molecule has 0 aliphatic carbocycles. The van der Waals surface area contributed by atoms with Crippen LogP contribution in [0.4, 0.5) is 0 Å². The molecule has 0 saturated heterocycles. The first-order valence-electron chi connectivity index (χ1n) is 6.03. The Morgan fingerprint density at radius 1 is 1.33 bits per heavy atom. The third-order valence-corrected chi connectivity index (χ3v) is 3.35. The van der Waals surface area contributed by atoms with Crippen molar-refractivity contribution in [2.45, 2.75) is 26.3 Å². The fourth-order valence-corrected chi connectivity index (χ4v) is 2.28. The Balaban J connectivity index is 2.40. The zero-order valence-corrected chi connectivity index (χ0v) is 11.8. The Morgan fingerprint density at radius 3 is 2.72 bits per heavy atom. The van der Waals surface area contributed by atoms with Crippen LogP contribution in [-0.2, 0) is 6.54 Å². The fourth-order valence-electron chi connectivity index (χ4n) is 2.05. The van der Waals surface area contributed by atoms with Crippen molar-refractivity contribution in [1.82, 2.24) is 9.55 Å². The van der Waals surface area contributed by atoms with Crippen LogP contribution < -0.4 is 4.74 Å². The first-order chi connectivity index (χ1) is 8.63. The number of para-hydroxylation sites is 1. The smallest absolute Gasteiger partial charge is 0.177 e. The zero-order valence-electron chi connectivity index (χ0n) is 10.9. The van der Waals surface area contributed by atoms with Crippen LogP contribution in [0, 0.1) is 4.77 Å². The van der Waals surface area contributed by atoms with Gasteiger partial charge in [0.2, 0.25) is 0 Å². The molecule has 0 amide bonds. The molecule has 18 heavy (non-hydrogen) atoms. The van der Waals surface area contributed by atoms with Crippen LogP contribution in [0.3, 0.4) is 0 Å². The van der Waals surface area contributed by atoms with Gasteiger partial charge in [-0.2, -0.15) is 0 Å². The average Bonchev–Trinajstić information content (AvgIpc) is 2.72. The Morgan fingerprint density at radius 2 is 2.06 bits per heavy atom. The van der Waals surface area contributed by atoms with Crippen LogP contribution in [0.25, 0.3) is 0 Å². The molecule has 0 bridgehead atoms. The molecule has 1 aromatic carbocycles. The minimum absolute atomic E-state index is 0.438. The highest BCUT2D eigenvalue weighted by molar-refractivity contribution is 7.71. The SMILES string of the molecule is COc1ccccc1Cn1c(C(C)C)c[nH]c1=S. The van der Waals surface area contributed by atoms with Gasteiger partial charge in [-0.05, 0) is 24.2 Å². The number of hydrogen-bond acceptors (Lipinski definition) is 2. The quantitative estimate of drug-likeness (QED) is 0.851. The van der Waals surface area contributed by atoms with Gasteiger partial charge < -0.3 is 14.3 Å². The predicted molar refractivity (Wildman–Crippen MR) is 75.8 cm³/mol. The minimum Gasteiger partial charge on any atom is -0.496 e. The lowest BCUT2D eigenvalue weighted by Crippen LogP contribution is -2.07. The van der Waals surface area contributed by atoms with Gasteiger partial charge >= 0.3 is 0 Å². The highest BCUT2D eigenvalue weighted by Gasteiger charge is 2.10. The number of ether oxygens (including phenoxy) is 1. The second-order valence-electron chi connectivity index (χ2n) is 4.57. The summed E-state index contributed by atoms with van der Waals surface area (Å²) in [6.07, 6.45) is 1.99. The van der Waals surface area contributed by atoms with E-state index in [2.05, 4.69) is 29.5 Å². The number of nitrogens with one attached hydrogen (secondary N) is 1. The first-order valence-corrected chi connectivity index (χ1v) is 6.44. The van der Waals surface area contributed by atoms with Gasteiger partial charge in [0, 0.05) is 17.5 Å². The van der Waals surface area contributed by atoms with E-state index in [1.54, 1.807) is 7.11 Å². The number of aromatic amines is 1. The molecule has 0 fully saturated rings. The zero-order chi connectivity index (χ0) is 13.1. The highest BCUT2D eigenvalue weighted by Crippen LogP contribution is 2.21. The van der Waals surface area contributed by atoms with Gasteiger partial charge in [-0.25, -0.2) is 0 Å². The highest BCUT2D eigenvalue weighted by atomic mass is 32.1. The second-order valence-corrected chi connectivity index (χ2v) is 4.96. The van der Waals surface area contributed by atoms with Gasteiger partial charge in [0.25, 0.3) is 0 Å². The van der Waals surface area contributed by atoms with Crippen LogP contribution in [0.1, 0.15) is 31.0 Å². The second kappa shape index (κ2) is 5.40. The summed E-state index contributed by atoms with van der Waals surface area (Å²) in [4.78, 5) is 3.11. The van der Waals surface area contributed by atoms with Gasteiger partial charge in [0.05, 0.1) is 13.7 Å². The molecule has 2 rings (SSSR count). The molecular weight excluding hydrogens is 244 g/mol. The van der Waals surface area contributed by atoms with Gasteiger partial charge in [-0.1, -0.05) is 32.0 Å². The molecule has 1 aromatic heterocycles. The molecule has 0 atom stereocenters.